The van der Waals surface area contributed by atoms with Crippen LogP contribution in [0.15, 0.2) is 47.4 Å². The number of H-pyrrole nitrogens is 2. The van der Waals surface area contributed by atoms with Gasteiger partial charge in [-0.1, -0.05) is 31.2 Å². The standard InChI is InChI=1S/C30H33N7O3S2/c1-3-11-37(26(38)14-34-30(39)40-2)15-25-32-13-24(35-25)21-17-42-27-20(16-41-28(21)27)18-6-8-19(9-7-18)23-12-33-29(36-23)22-5-4-10-31-22/h6-9,12-13,16-17,22,31H,3-5,10-11,14-15H2,1-2H3,(H,32,35)(H,33,36)(H,34,39). The molecule has 42 heavy (non-hydrogen) atoms. The molecule has 1 aliphatic rings. The maximum absolute atomic E-state index is 12.7. The van der Waals surface area contributed by atoms with E-state index in [1.54, 1.807) is 27.6 Å². The number of amides is 2. The maximum Gasteiger partial charge on any atom is 0.407 e. The summed E-state index contributed by atoms with van der Waals surface area (Å²) in [7, 11) is 1.27. The predicted octanol–water partition coefficient (Wildman–Crippen LogP) is 5.93. The number of hydrogen-bond acceptors (Lipinski definition) is 8. The Bertz CT molecular complexity index is 1680. The molecule has 0 aliphatic carbocycles. The van der Waals surface area contributed by atoms with Crippen molar-refractivity contribution in [1.82, 2.24) is 35.5 Å². The Labute approximate surface area is 251 Å². The molecule has 0 saturated carbocycles. The third kappa shape index (κ3) is 5.83. The highest BCUT2D eigenvalue weighted by atomic mass is 32.1. The Balaban J connectivity index is 1.16. The van der Waals surface area contributed by atoms with E-state index < -0.39 is 6.09 Å². The van der Waals surface area contributed by atoms with E-state index in [-0.39, 0.29) is 12.5 Å². The normalized spacial score (nSPS) is 14.9. The van der Waals surface area contributed by atoms with Crippen LogP contribution in [0.4, 0.5) is 4.79 Å². The van der Waals surface area contributed by atoms with Gasteiger partial charge in [0.15, 0.2) is 0 Å². The molecule has 12 heteroatoms. The first-order chi connectivity index (χ1) is 20.5. The second-order valence-corrected chi connectivity index (χ2v) is 12.0. The molecule has 4 aromatic heterocycles. The Kier molecular flexibility index (Phi) is 8.36. The number of ether oxygens (including phenoxy) is 1. The summed E-state index contributed by atoms with van der Waals surface area (Å²) in [5.74, 6) is 1.52. The van der Waals surface area contributed by atoms with Crippen molar-refractivity contribution in [1.29, 1.82) is 0 Å². The lowest BCUT2D eigenvalue weighted by Crippen LogP contribution is -2.40. The van der Waals surface area contributed by atoms with E-state index >= 15 is 0 Å². The molecule has 0 bridgehead atoms. The van der Waals surface area contributed by atoms with E-state index in [1.165, 1.54) is 34.1 Å². The number of benzene rings is 1. The van der Waals surface area contributed by atoms with E-state index in [2.05, 4.69) is 70.3 Å². The van der Waals surface area contributed by atoms with E-state index in [4.69, 9.17) is 0 Å². The van der Waals surface area contributed by atoms with Gasteiger partial charge in [0.1, 0.15) is 18.2 Å². The lowest BCUT2D eigenvalue weighted by atomic mass is 10.0. The number of alkyl carbamates (subject to hydrolysis) is 1. The van der Waals surface area contributed by atoms with Gasteiger partial charge in [-0.25, -0.2) is 14.8 Å². The summed E-state index contributed by atoms with van der Waals surface area (Å²) in [6.07, 6.45) is 6.22. The Morgan fingerprint density at radius 3 is 2.50 bits per heavy atom. The molecule has 1 aromatic carbocycles. The van der Waals surface area contributed by atoms with Crippen LogP contribution in [0.25, 0.3) is 43.0 Å². The topological polar surface area (TPSA) is 128 Å². The fourth-order valence-corrected chi connectivity index (χ4v) is 7.71. The van der Waals surface area contributed by atoms with Crippen LogP contribution >= 0.6 is 22.7 Å². The van der Waals surface area contributed by atoms with Crippen LogP contribution in [-0.4, -0.2) is 63.6 Å². The molecule has 6 rings (SSSR count). The molecule has 4 N–H and O–H groups in total. The van der Waals surface area contributed by atoms with Crippen molar-refractivity contribution in [2.24, 2.45) is 0 Å². The molecular weight excluding hydrogens is 571 g/mol. The number of fused-ring (bicyclic) bond motifs is 1. The number of aromatic amines is 2. The fraction of sp³-hybridized carbons (Fsp3) is 0.333. The van der Waals surface area contributed by atoms with Crippen LogP contribution in [0.3, 0.4) is 0 Å². The van der Waals surface area contributed by atoms with Crippen LogP contribution < -0.4 is 10.6 Å². The predicted molar refractivity (Wildman–Crippen MR) is 166 cm³/mol. The molecule has 5 aromatic rings. The highest BCUT2D eigenvalue weighted by Crippen LogP contribution is 2.43. The fourth-order valence-electron chi connectivity index (χ4n) is 5.27. The minimum absolute atomic E-state index is 0.120. The highest BCUT2D eigenvalue weighted by Gasteiger charge is 2.20. The summed E-state index contributed by atoms with van der Waals surface area (Å²) in [6, 6.07) is 8.97. The molecule has 218 valence electrons. The van der Waals surface area contributed by atoms with Gasteiger partial charge in [0, 0.05) is 28.4 Å². The van der Waals surface area contributed by atoms with Gasteiger partial charge in [0.25, 0.3) is 0 Å². The first-order valence-corrected chi connectivity index (χ1v) is 15.8. The number of imidazole rings is 2. The van der Waals surface area contributed by atoms with Crippen LogP contribution in [0.1, 0.15) is 43.9 Å². The van der Waals surface area contributed by atoms with Crippen molar-refractivity contribution in [2.75, 3.05) is 26.7 Å². The number of nitrogens with zero attached hydrogens (tertiary/aromatic N) is 3. The van der Waals surface area contributed by atoms with Crippen molar-refractivity contribution in [3.63, 3.8) is 0 Å². The van der Waals surface area contributed by atoms with Crippen LogP contribution in [0.2, 0.25) is 0 Å². The number of carbonyl (C=O) groups excluding carboxylic acids is 2. The molecule has 1 fully saturated rings. The Morgan fingerprint density at radius 2 is 1.76 bits per heavy atom. The van der Waals surface area contributed by atoms with Gasteiger partial charge in [-0.2, -0.15) is 0 Å². The summed E-state index contributed by atoms with van der Waals surface area (Å²) >= 11 is 3.45. The average molecular weight is 604 g/mol. The van der Waals surface area contributed by atoms with E-state index in [0.717, 1.165) is 47.7 Å². The van der Waals surface area contributed by atoms with Gasteiger partial charge < -0.3 is 30.2 Å². The van der Waals surface area contributed by atoms with Crippen molar-refractivity contribution >= 4 is 44.1 Å². The molecule has 0 spiro atoms. The number of thiophene rings is 2. The maximum atomic E-state index is 12.7. The number of aromatic nitrogens is 4. The van der Waals surface area contributed by atoms with Crippen LogP contribution in [0, 0.1) is 0 Å². The molecule has 2 amide bonds. The van der Waals surface area contributed by atoms with Gasteiger partial charge >= 0.3 is 6.09 Å². The third-order valence-corrected chi connectivity index (χ3v) is 9.61. The van der Waals surface area contributed by atoms with Gasteiger partial charge in [0.05, 0.1) is 52.9 Å². The van der Waals surface area contributed by atoms with Crippen molar-refractivity contribution in [3.05, 3.63) is 59.1 Å². The average Bonchev–Trinajstić information content (AvgIpc) is 3.83. The smallest absolute Gasteiger partial charge is 0.407 e. The van der Waals surface area contributed by atoms with Crippen LogP contribution in [0.5, 0.6) is 0 Å². The largest absolute Gasteiger partial charge is 0.453 e. The van der Waals surface area contributed by atoms with E-state index in [1.807, 2.05) is 19.3 Å². The number of hydrogen-bond donors (Lipinski definition) is 4. The lowest BCUT2D eigenvalue weighted by Gasteiger charge is -2.21. The zero-order valence-electron chi connectivity index (χ0n) is 23.5. The summed E-state index contributed by atoms with van der Waals surface area (Å²) in [5.41, 5.74) is 6.57. The molecule has 1 aliphatic heterocycles. The van der Waals surface area contributed by atoms with Gasteiger partial charge in [0.2, 0.25) is 5.91 Å². The molecule has 0 radical (unpaired) electrons. The third-order valence-electron chi connectivity index (χ3n) is 7.45. The monoisotopic (exact) mass is 603 g/mol. The molecule has 1 saturated heterocycles. The van der Waals surface area contributed by atoms with Gasteiger partial charge in [-0.3, -0.25) is 4.79 Å². The minimum Gasteiger partial charge on any atom is -0.453 e. The number of nitrogens with one attached hydrogen (secondary N) is 4. The van der Waals surface area contributed by atoms with E-state index in [9.17, 15) is 9.59 Å². The van der Waals surface area contributed by atoms with Gasteiger partial charge in [-0.15, -0.1) is 22.7 Å². The quantitative estimate of drug-likeness (QED) is 0.157. The summed E-state index contributed by atoms with van der Waals surface area (Å²) in [6.45, 7) is 3.83. The Hall–Kier alpha value is -4.00. The molecule has 5 heterocycles. The van der Waals surface area contributed by atoms with E-state index in [0.29, 0.717) is 25.0 Å². The second-order valence-electron chi connectivity index (χ2n) is 10.3. The first kappa shape index (κ1) is 28.1. The summed E-state index contributed by atoms with van der Waals surface area (Å²) < 4.78 is 7.02. The highest BCUT2D eigenvalue weighted by molar-refractivity contribution is 7.27. The zero-order chi connectivity index (χ0) is 29.1. The lowest BCUT2D eigenvalue weighted by molar-refractivity contribution is -0.130. The number of rotatable bonds is 10. The van der Waals surface area contributed by atoms with Crippen molar-refractivity contribution in [3.8, 4) is 33.6 Å². The first-order valence-electron chi connectivity index (χ1n) is 14.1. The molecular formula is C30H33N7O3S2. The molecule has 1 atom stereocenters. The summed E-state index contributed by atoms with van der Waals surface area (Å²) in [5, 5.41) is 10.3. The minimum atomic E-state index is -0.628. The van der Waals surface area contributed by atoms with Crippen molar-refractivity contribution in [2.45, 2.75) is 38.8 Å². The molecule has 10 nitrogen and oxygen atoms in total. The zero-order valence-corrected chi connectivity index (χ0v) is 25.2. The van der Waals surface area contributed by atoms with Crippen LogP contribution in [-0.2, 0) is 16.1 Å². The Morgan fingerprint density at radius 1 is 1.02 bits per heavy atom. The molecule has 1 unspecified atom stereocenters. The van der Waals surface area contributed by atoms with Gasteiger partial charge in [-0.05, 0) is 36.9 Å². The second kappa shape index (κ2) is 12.5. The summed E-state index contributed by atoms with van der Waals surface area (Å²) in [4.78, 5) is 41.8. The SMILES string of the molecule is CCCN(Cc1ncc(-c2csc3c(-c4ccc(-c5cnc(C6CCCN6)[nH]5)cc4)csc23)[nH]1)C(=O)CNC(=O)OC. The number of carbonyl (C=O) groups is 2. The number of methoxy groups -OCH3 is 1. The van der Waals surface area contributed by atoms with Crippen molar-refractivity contribution < 1.29 is 14.3 Å².